The maximum atomic E-state index is 10.1. The molecule has 0 aliphatic heterocycles. The normalized spacial score (nSPS) is 9.54. The zero-order valence-corrected chi connectivity index (χ0v) is 6.39. The fourth-order valence-corrected chi connectivity index (χ4v) is 0.722. The van der Waals surface area contributed by atoms with E-state index in [-0.39, 0.29) is 12.3 Å². The molecule has 1 aromatic heterocycles. The van der Waals surface area contributed by atoms with Crippen molar-refractivity contribution in [3.63, 3.8) is 0 Å². The largest absolute Gasteiger partial charge is 0.465 e. The van der Waals surface area contributed by atoms with Crippen molar-refractivity contribution in [2.45, 2.75) is 6.54 Å². The Balaban J connectivity index is 2.59. The van der Waals surface area contributed by atoms with Crippen molar-refractivity contribution in [2.75, 3.05) is 0 Å². The van der Waals surface area contributed by atoms with Crippen molar-refractivity contribution in [1.82, 2.24) is 5.32 Å². The summed E-state index contributed by atoms with van der Waals surface area (Å²) in [6, 6.07) is 2.51. The zero-order valence-electron chi connectivity index (χ0n) is 6.39. The van der Waals surface area contributed by atoms with E-state index in [9.17, 15) is 14.9 Å². The second kappa shape index (κ2) is 3.57. The highest BCUT2D eigenvalue weighted by atomic mass is 16.6. The molecule has 0 aliphatic carbocycles. The molecule has 0 atom stereocenters. The van der Waals surface area contributed by atoms with Gasteiger partial charge < -0.3 is 14.8 Å². The Bertz CT molecular complexity index is 332. The summed E-state index contributed by atoms with van der Waals surface area (Å²) in [7, 11) is 0. The number of carboxylic acid groups (broad SMARTS) is 1. The van der Waals surface area contributed by atoms with Crippen LogP contribution in [0, 0.1) is 10.1 Å². The number of rotatable bonds is 3. The zero-order chi connectivity index (χ0) is 9.84. The first-order chi connectivity index (χ1) is 6.09. The number of furan rings is 1. The van der Waals surface area contributed by atoms with E-state index in [2.05, 4.69) is 4.42 Å². The first-order valence-corrected chi connectivity index (χ1v) is 3.29. The Labute approximate surface area is 72.1 Å². The highest BCUT2D eigenvalue weighted by molar-refractivity contribution is 5.64. The van der Waals surface area contributed by atoms with Gasteiger partial charge in [-0.05, 0) is 6.07 Å². The van der Waals surface area contributed by atoms with Crippen molar-refractivity contribution in [3.05, 3.63) is 28.0 Å². The molecule has 0 saturated carbocycles. The van der Waals surface area contributed by atoms with Gasteiger partial charge in [0.1, 0.15) is 10.7 Å². The second-order valence-corrected chi connectivity index (χ2v) is 2.16. The lowest BCUT2D eigenvalue weighted by atomic mass is 10.4. The van der Waals surface area contributed by atoms with Gasteiger partial charge in [0.2, 0.25) is 0 Å². The predicted molar refractivity (Wildman–Crippen MR) is 40.2 cm³/mol. The van der Waals surface area contributed by atoms with Crippen LogP contribution < -0.4 is 5.32 Å². The fourth-order valence-electron chi connectivity index (χ4n) is 0.722. The minimum Gasteiger partial charge on any atom is -0.465 e. The number of hydrogen-bond acceptors (Lipinski definition) is 4. The first-order valence-electron chi connectivity index (χ1n) is 3.29. The van der Waals surface area contributed by atoms with E-state index in [1.54, 1.807) is 0 Å². The average molecular weight is 186 g/mol. The maximum Gasteiger partial charge on any atom is 0.433 e. The Morgan fingerprint density at radius 1 is 1.69 bits per heavy atom. The molecule has 0 fully saturated rings. The Kier molecular flexibility index (Phi) is 2.48. The molecule has 0 unspecified atom stereocenters. The molecule has 0 aromatic carbocycles. The summed E-state index contributed by atoms with van der Waals surface area (Å²) in [6.07, 6.45) is -1.21. The molecule has 1 heterocycles. The van der Waals surface area contributed by atoms with Gasteiger partial charge in [-0.15, -0.1) is 0 Å². The monoisotopic (exact) mass is 186 g/mol. The molecule has 13 heavy (non-hydrogen) atoms. The number of carbonyl (C=O) groups is 1. The molecule has 0 aliphatic rings. The summed E-state index contributed by atoms with van der Waals surface area (Å²) in [6.45, 7) is -0.0802. The van der Waals surface area contributed by atoms with Crippen molar-refractivity contribution >= 4 is 12.0 Å². The van der Waals surface area contributed by atoms with Crippen LogP contribution in [-0.4, -0.2) is 16.1 Å². The topological polar surface area (TPSA) is 106 Å². The van der Waals surface area contributed by atoms with Gasteiger partial charge in [0, 0.05) is 0 Å². The van der Waals surface area contributed by atoms with E-state index in [1.807, 2.05) is 5.32 Å². The molecule has 0 saturated heterocycles. The third kappa shape index (κ3) is 2.47. The van der Waals surface area contributed by atoms with Gasteiger partial charge >= 0.3 is 12.0 Å². The standard InChI is InChI=1S/C6H6N2O5/c9-6(10)7-3-4-1-2-5(13-4)8(11)12/h1-2,7H,3H2,(H,9,10). The summed E-state index contributed by atoms with van der Waals surface area (Å²) in [5.74, 6) is -0.198. The maximum absolute atomic E-state index is 10.1. The van der Waals surface area contributed by atoms with Crippen LogP contribution >= 0.6 is 0 Å². The summed E-state index contributed by atoms with van der Waals surface area (Å²) < 4.78 is 4.67. The van der Waals surface area contributed by atoms with Gasteiger partial charge in [0.15, 0.2) is 0 Å². The van der Waals surface area contributed by atoms with Gasteiger partial charge in [-0.3, -0.25) is 10.1 Å². The molecule has 1 amide bonds. The van der Waals surface area contributed by atoms with Crippen LogP contribution in [0.1, 0.15) is 5.76 Å². The summed E-state index contributed by atoms with van der Waals surface area (Å²) in [5, 5.41) is 20.3. The van der Waals surface area contributed by atoms with Crippen LogP contribution in [0.3, 0.4) is 0 Å². The lowest BCUT2D eigenvalue weighted by molar-refractivity contribution is -0.402. The average Bonchev–Trinajstić information content (AvgIpc) is 2.48. The highest BCUT2D eigenvalue weighted by Gasteiger charge is 2.11. The number of nitro groups is 1. The number of hydrogen-bond donors (Lipinski definition) is 2. The van der Waals surface area contributed by atoms with Gasteiger partial charge in [0.25, 0.3) is 0 Å². The Morgan fingerprint density at radius 3 is 2.85 bits per heavy atom. The molecule has 2 N–H and O–H groups in total. The van der Waals surface area contributed by atoms with Crippen LogP contribution in [0.5, 0.6) is 0 Å². The summed E-state index contributed by atoms with van der Waals surface area (Å²) in [4.78, 5) is 19.5. The van der Waals surface area contributed by atoms with Crippen LogP contribution in [0.2, 0.25) is 0 Å². The molecule has 0 radical (unpaired) electrons. The highest BCUT2D eigenvalue weighted by Crippen LogP contribution is 2.14. The lowest BCUT2D eigenvalue weighted by Crippen LogP contribution is -2.19. The van der Waals surface area contributed by atoms with Gasteiger partial charge in [-0.25, -0.2) is 4.79 Å². The van der Waals surface area contributed by atoms with E-state index in [4.69, 9.17) is 5.11 Å². The molecule has 7 heteroatoms. The quantitative estimate of drug-likeness (QED) is 0.540. The molecule has 1 rings (SSSR count). The fraction of sp³-hybridized carbons (Fsp3) is 0.167. The third-order valence-electron chi connectivity index (χ3n) is 1.24. The minimum absolute atomic E-state index is 0.0802. The molecular weight excluding hydrogens is 180 g/mol. The first kappa shape index (κ1) is 9.04. The smallest absolute Gasteiger partial charge is 0.433 e. The van der Waals surface area contributed by atoms with Crippen molar-refractivity contribution in [2.24, 2.45) is 0 Å². The SMILES string of the molecule is O=C(O)NCc1ccc([N+](=O)[O-])o1. The molecule has 0 bridgehead atoms. The molecule has 70 valence electrons. The summed E-state index contributed by atoms with van der Waals surface area (Å²) in [5.41, 5.74) is 0. The van der Waals surface area contributed by atoms with E-state index < -0.39 is 16.9 Å². The van der Waals surface area contributed by atoms with E-state index >= 15 is 0 Å². The second-order valence-electron chi connectivity index (χ2n) is 2.16. The van der Waals surface area contributed by atoms with Crippen LogP contribution in [0.4, 0.5) is 10.7 Å². The van der Waals surface area contributed by atoms with Gasteiger partial charge in [0.05, 0.1) is 12.6 Å². The Hall–Kier alpha value is -2.05. The van der Waals surface area contributed by atoms with E-state index in [0.717, 1.165) is 0 Å². The van der Waals surface area contributed by atoms with E-state index in [1.165, 1.54) is 12.1 Å². The number of nitrogens with zero attached hydrogens (tertiary/aromatic N) is 1. The van der Waals surface area contributed by atoms with E-state index in [0.29, 0.717) is 0 Å². The molecular formula is C6H6N2O5. The third-order valence-corrected chi connectivity index (χ3v) is 1.24. The summed E-state index contributed by atoms with van der Waals surface area (Å²) >= 11 is 0. The van der Waals surface area contributed by atoms with Crippen molar-refractivity contribution in [1.29, 1.82) is 0 Å². The van der Waals surface area contributed by atoms with Crippen LogP contribution in [0.15, 0.2) is 16.5 Å². The van der Waals surface area contributed by atoms with Crippen LogP contribution in [-0.2, 0) is 6.54 Å². The minimum atomic E-state index is -1.21. The molecule has 0 spiro atoms. The molecule has 7 nitrogen and oxygen atoms in total. The van der Waals surface area contributed by atoms with Gasteiger partial charge in [-0.2, -0.15) is 0 Å². The van der Waals surface area contributed by atoms with Gasteiger partial charge in [-0.1, -0.05) is 0 Å². The number of amides is 1. The Morgan fingerprint density at radius 2 is 2.38 bits per heavy atom. The van der Waals surface area contributed by atoms with Crippen LogP contribution in [0.25, 0.3) is 0 Å². The lowest BCUT2D eigenvalue weighted by Gasteiger charge is -1.94. The molecule has 1 aromatic rings. The number of nitrogens with one attached hydrogen (secondary N) is 1. The van der Waals surface area contributed by atoms with Crippen molar-refractivity contribution < 1.29 is 19.2 Å². The predicted octanol–water partition coefficient (Wildman–Crippen LogP) is 0.955. The van der Waals surface area contributed by atoms with Crippen molar-refractivity contribution in [3.8, 4) is 0 Å².